The Hall–Kier alpha value is -7.86. The van der Waals surface area contributed by atoms with Gasteiger partial charge in [0.2, 0.25) is 0 Å². The maximum Gasteiger partial charge on any atom is 0.135 e. The van der Waals surface area contributed by atoms with Crippen LogP contribution < -0.4 is 4.90 Å². The standard InChI is InChI=1S/C58H39NO/c1-4-15-41(16-5-1)49-35-33-48(39-54(49)44-19-8-3-9-20-44)59(56-25-14-22-42-21-10-11-23-51(42)56)47-31-27-40(28-32-47)45-29-34-50(53(37-45)43-17-6-2-7-18-43)46-30-36-58-55(38-46)52-24-12-13-26-57(52)60-58/h1,3-6,8-33,35-39,50H,34H2. The van der Waals surface area contributed by atoms with Crippen molar-refractivity contribution in [2.75, 3.05) is 4.90 Å². The van der Waals surface area contributed by atoms with Gasteiger partial charge >= 0.3 is 0 Å². The zero-order valence-corrected chi connectivity index (χ0v) is 32.9. The van der Waals surface area contributed by atoms with Crippen LogP contribution in [0, 0.1) is 12.1 Å². The molecule has 0 saturated heterocycles. The van der Waals surface area contributed by atoms with Crippen molar-refractivity contribution >= 4 is 60.9 Å². The molecule has 1 atom stereocenters. The zero-order valence-electron chi connectivity index (χ0n) is 32.9. The van der Waals surface area contributed by atoms with Crippen LogP contribution in [-0.4, -0.2) is 0 Å². The highest BCUT2D eigenvalue weighted by Crippen LogP contribution is 2.45. The topological polar surface area (TPSA) is 16.4 Å². The summed E-state index contributed by atoms with van der Waals surface area (Å²) < 4.78 is 6.20. The Balaban J connectivity index is 1.01. The summed E-state index contributed by atoms with van der Waals surface area (Å²) in [6, 6.07) is 80.1. The molecule has 10 aromatic rings. The Bertz CT molecular complexity index is 3210. The number of hydrogen-bond acceptors (Lipinski definition) is 2. The van der Waals surface area contributed by atoms with Gasteiger partial charge in [0.05, 0.1) is 5.69 Å². The summed E-state index contributed by atoms with van der Waals surface area (Å²) in [6.07, 6.45) is 5.65. The third kappa shape index (κ3) is 6.44. The number of anilines is 3. The van der Waals surface area contributed by atoms with E-state index in [1.54, 1.807) is 0 Å². The van der Waals surface area contributed by atoms with Gasteiger partial charge in [-0.25, -0.2) is 0 Å². The van der Waals surface area contributed by atoms with Crippen LogP contribution in [0.4, 0.5) is 17.1 Å². The van der Waals surface area contributed by atoms with Crippen molar-refractivity contribution in [3.63, 3.8) is 0 Å². The molecule has 0 fully saturated rings. The number of furan rings is 1. The molecule has 0 N–H and O–H groups in total. The fourth-order valence-corrected chi connectivity index (χ4v) is 9.02. The maximum atomic E-state index is 6.20. The molecule has 1 heterocycles. The summed E-state index contributed by atoms with van der Waals surface area (Å²) in [7, 11) is 0. The summed E-state index contributed by atoms with van der Waals surface area (Å²) in [4.78, 5) is 2.41. The van der Waals surface area contributed by atoms with Crippen LogP contribution in [0.15, 0.2) is 223 Å². The van der Waals surface area contributed by atoms with E-state index in [-0.39, 0.29) is 5.92 Å². The minimum absolute atomic E-state index is 0.182. The van der Waals surface area contributed by atoms with E-state index in [0.29, 0.717) is 0 Å². The Morgan fingerprint density at radius 1 is 0.483 bits per heavy atom. The highest BCUT2D eigenvalue weighted by Gasteiger charge is 2.24. The predicted octanol–water partition coefficient (Wildman–Crippen LogP) is 15.8. The maximum absolute atomic E-state index is 6.20. The highest BCUT2D eigenvalue weighted by molar-refractivity contribution is 6.05. The number of allylic oxidation sites excluding steroid dienone is 4. The number of fused-ring (bicyclic) bond motifs is 4. The number of benzene rings is 8. The van der Waals surface area contributed by atoms with Gasteiger partial charge in [-0.3, -0.25) is 0 Å². The normalized spacial score (nSPS) is 13.8. The van der Waals surface area contributed by atoms with Gasteiger partial charge in [-0.05, 0) is 129 Å². The van der Waals surface area contributed by atoms with Gasteiger partial charge in [0.15, 0.2) is 0 Å². The zero-order chi connectivity index (χ0) is 39.8. The molecule has 0 saturated carbocycles. The second-order valence-corrected chi connectivity index (χ2v) is 15.5. The molecule has 60 heavy (non-hydrogen) atoms. The van der Waals surface area contributed by atoms with Crippen LogP contribution in [0.2, 0.25) is 0 Å². The van der Waals surface area contributed by atoms with Crippen LogP contribution in [-0.2, 0) is 0 Å². The van der Waals surface area contributed by atoms with E-state index in [1.165, 1.54) is 55.3 Å². The third-order valence-electron chi connectivity index (χ3n) is 12.0. The molecule has 282 valence electrons. The Kier molecular flexibility index (Phi) is 8.91. The lowest BCUT2D eigenvalue weighted by Crippen LogP contribution is -2.11. The van der Waals surface area contributed by atoms with Gasteiger partial charge in [-0.2, -0.15) is 0 Å². The molecule has 11 rings (SSSR count). The first-order chi connectivity index (χ1) is 29.7. The molecule has 0 bridgehead atoms. The van der Waals surface area contributed by atoms with Gasteiger partial charge in [0.25, 0.3) is 0 Å². The first kappa shape index (κ1) is 35.3. The lowest BCUT2D eigenvalue weighted by Gasteiger charge is -2.28. The first-order valence-corrected chi connectivity index (χ1v) is 20.6. The van der Waals surface area contributed by atoms with Gasteiger partial charge in [0, 0.05) is 33.5 Å². The number of hydrogen-bond donors (Lipinski definition) is 0. The second kappa shape index (κ2) is 15.1. The molecule has 0 amide bonds. The summed E-state index contributed by atoms with van der Waals surface area (Å²) in [5.41, 5.74) is 16.0. The highest BCUT2D eigenvalue weighted by atomic mass is 16.3. The quantitative estimate of drug-likeness (QED) is 0.153. The van der Waals surface area contributed by atoms with Crippen molar-refractivity contribution in [1.29, 1.82) is 0 Å². The molecule has 0 radical (unpaired) electrons. The third-order valence-corrected chi connectivity index (χ3v) is 12.0. The minimum atomic E-state index is 0.182. The number of rotatable bonds is 8. The van der Waals surface area contributed by atoms with Gasteiger partial charge < -0.3 is 9.32 Å². The number of para-hydroxylation sites is 1. The van der Waals surface area contributed by atoms with E-state index in [9.17, 15) is 0 Å². The molecular formula is C58H39NO. The molecule has 2 heteroatoms. The van der Waals surface area contributed by atoms with Crippen molar-refractivity contribution in [3.8, 4) is 22.3 Å². The molecule has 0 spiro atoms. The van der Waals surface area contributed by atoms with E-state index in [2.05, 4.69) is 217 Å². The van der Waals surface area contributed by atoms with E-state index < -0.39 is 0 Å². The SMILES string of the molecule is c1ccc(C2=CC(c3ccc(N(c4ccc(-c5ccccc5)c(-c5ccccc5)c4)c4cccc5ccccc45)cc3)=CCC2c2ccc3oc4ccccc4c3c2)cc#1. The van der Waals surface area contributed by atoms with Crippen LogP contribution in [0.1, 0.15) is 29.0 Å². The molecule has 1 aliphatic rings. The molecule has 9 aromatic carbocycles. The lowest BCUT2D eigenvalue weighted by molar-refractivity contribution is 0.668. The molecule has 1 aromatic heterocycles. The molecule has 1 unspecified atom stereocenters. The lowest BCUT2D eigenvalue weighted by atomic mass is 9.79. The van der Waals surface area contributed by atoms with Crippen molar-refractivity contribution in [3.05, 3.63) is 247 Å². The fourth-order valence-electron chi connectivity index (χ4n) is 9.02. The van der Waals surface area contributed by atoms with Crippen molar-refractivity contribution in [2.24, 2.45) is 0 Å². The average molecular weight is 766 g/mol. The van der Waals surface area contributed by atoms with Crippen molar-refractivity contribution in [2.45, 2.75) is 12.3 Å². The molecular weight excluding hydrogens is 727 g/mol. The average Bonchev–Trinajstić information content (AvgIpc) is 3.71. The largest absolute Gasteiger partial charge is 0.456 e. The van der Waals surface area contributed by atoms with Crippen LogP contribution >= 0.6 is 0 Å². The Morgan fingerprint density at radius 2 is 1.18 bits per heavy atom. The fraction of sp³-hybridized carbons (Fsp3) is 0.0345. The van der Waals surface area contributed by atoms with Crippen LogP contribution in [0.3, 0.4) is 0 Å². The van der Waals surface area contributed by atoms with Crippen LogP contribution in [0.5, 0.6) is 0 Å². The monoisotopic (exact) mass is 765 g/mol. The summed E-state index contributed by atoms with van der Waals surface area (Å²) in [5, 5.41) is 4.71. The second-order valence-electron chi connectivity index (χ2n) is 15.5. The van der Waals surface area contributed by atoms with E-state index in [0.717, 1.165) is 51.0 Å². The predicted molar refractivity (Wildman–Crippen MR) is 251 cm³/mol. The minimum Gasteiger partial charge on any atom is -0.456 e. The first-order valence-electron chi connectivity index (χ1n) is 20.6. The molecule has 1 aliphatic carbocycles. The van der Waals surface area contributed by atoms with E-state index in [1.807, 2.05) is 18.2 Å². The van der Waals surface area contributed by atoms with Gasteiger partial charge in [-0.15, -0.1) is 0 Å². The molecule has 2 nitrogen and oxygen atoms in total. The Morgan fingerprint density at radius 3 is 1.98 bits per heavy atom. The summed E-state index contributed by atoms with van der Waals surface area (Å²) >= 11 is 0. The van der Waals surface area contributed by atoms with Gasteiger partial charge in [0.1, 0.15) is 11.2 Å². The van der Waals surface area contributed by atoms with Crippen molar-refractivity contribution < 1.29 is 4.42 Å². The van der Waals surface area contributed by atoms with E-state index in [4.69, 9.17) is 4.42 Å². The smallest absolute Gasteiger partial charge is 0.135 e. The van der Waals surface area contributed by atoms with Crippen LogP contribution in [0.25, 0.3) is 66.1 Å². The summed E-state index contributed by atoms with van der Waals surface area (Å²) in [6.45, 7) is 0. The summed E-state index contributed by atoms with van der Waals surface area (Å²) in [5.74, 6) is 0.182. The van der Waals surface area contributed by atoms with E-state index >= 15 is 0 Å². The Labute approximate surface area is 350 Å². The molecule has 0 aliphatic heterocycles. The number of nitrogens with zero attached hydrogens (tertiary/aromatic N) is 1. The van der Waals surface area contributed by atoms with Gasteiger partial charge in [-0.1, -0.05) is 164 Å². The van der Waals surface area contributed by atoms with Crippen molar-refractivity contribution in [1.82, 2.24) is 0 Å².